The van der Waals surface area contributed by atoms with E-state index in [4.69, 9.17) is 18.9 Å². The highest BCUT2D eigenvalue weighted by Gasteiger charge is 2.33. The first-order valence-electron chi connectivity index (χ1n) is 9.24. The van der Waals surface area contributed by atoms with Crippen molar-refractivity contribution >= 4 is 63.7 Å². The average molecular weight is 656 g/mol. The molecule has 2 aromatic rings. The van der Waals surface area contributed by atoms with Crippen LogP contribution in [0.3, 0.4) is 0 Å². The van der Waals surface area contributed by atoms with E-state index in [1.807, 2.05) is 12.1 Å². The predicted molar refractivity (Wildman–Crippen MR) is 126 cm³/mol. The summed E-state index contributed by atoms with van der Waals surface area (Å²) in [6.45, 7) is 7.09. The second kappa shape index (κ2) is 8.79. The van der Waals surface area contributed by atoms with E-state index in [9.17, 15) is 0 Å². The minimum Gasteiger partial charge on any atom is -0.491 e. The normalized spacial score (nSPS) is 20.5. The molecule has 2 unspecified atom stereocenters. The van der Waals surface area contributed by atoms with Crippen LogP contribution < -0.4 is 9.47 Å². The molecule has 0 saturated carbocycles. The fourth-order valence-corrected chi connectivity index (χ4v) is 6.40. The van der Waals surface area contributed by atoms with E-state index in [0.717, 1.165) is 48.2 Å². The zero-order valence-electron chi connectivity index (χ0n) is 15.9. The lowest BCUT2D eigenvalue weighted by atomic mass is 9.78. The maximum Gasteiger partial charge on any atom is 0.150 e. The molecule has 156 valence electrons. The maximum atomic E-state index is 5.99. The Morgan fingerprint density at radius 2 is 1.31 bits per heavy atom. The number of halogens is 4. The number of rotatable bonds is 8. The van der Waals surface area contributed by atoms with Gasteiger partial charge < -0.3 is 18.9 Å². The first-order valence-corrected chi connectivity index (χ1v) is 12.4. The van der Waals surface area contributed by atoms with Crippen LogP contribution in [0, 0.1) is 0 Å². The lowest BCUT2D eigenvalue weighted by Gasteiger charge is -2.30. The molecule has 2 fully saturated rings. The van der Waals surface area contributed by atoms with E-state index < -0.39 is 0 Å². The first-order chi connectivity index (χ1) is 13.8. The Morgan fingerprint density at radius 3 is 1.79 bits per heavy atom. The molecule has 0 aliphatic carbocycles. The third-order valence-corrected chi connectivity index (χ3v) is 9.24. The lowest BCUT2D eigenvalue weighted by Crippen LogP contribution is -2.21. The van der Waals surface area contributed by atoms with Gasteiger partial charge in [0.25, 0.3) is 0 Å². The van der Waals surface area contributed by atoms with Crippen LogP contribution in [0.25, 0.3) is 0 Å². The summed E-state index contributed by atoms with van der Waals surface area (Å²) in [6, 6.07) is 8.24. The summed E-state index contributed by atoms with van der Waals surface area (Å²) >= 11 is 15.0. The second-order valence-corrected chi connectivity index (χ2v) is 10.8. The molecular weight excluding hydrogens is 636 g/mol. The zero-order valence-corrected chi connectivity index (χ0v) is 22.3. The molecule has 0 spiro atoms. The van der Waals surface area contributed by atoms with E-state index in [1.165, 1.54) is 5.56 Å². The number of hydrogen-bond acceptors (Lipinski definition) is 4. The van der Waals surface area contributed by atoms with Crippen molar-refractivity contribution in [3.8, 4) is 11.5 Å². The quantitative estimate of drug-likeness (QED) is 0.237. The van der Waals surface area contributed by atoms with Crippen LogP contribution in [-0.2, 0) is 14.9 Å². The summed E-state index contributed by atoms with van der Waals surface area (Å²) in [5.74, 6) is 1.61. The molecular formula is C21H20Br4O4. The van der Waals surface area contributed by atoms with Crippen molar-refractivity contribution in [2.24, 2.45) is 0 Å². The Labute approximate surface area is 204 Å². The molecule has 0 amide bonds. The zero-order chi connectivity index (χ0) is 20.8. The Hall–Kier alpha value is -0.120. The van der Waals surface area contributed by atoms with Gasteiger partial charge in [0.1, 0.15) is 36.9 Å². The van der Waals surface area contributed by atoms with Crippen LogP contribution in [0.1, 0.15) is 25.0 Å². The van der Waals surface area contributed by atoms with Crippen LogP contribution in [0.15, 0.2) is 42.2 Å². The molecule has 4 nitrogen and oxygen atoms in total. The fraction of sp³-hybridized carbons (Fsp3) is 0.429. The number of benzene rings is 2. The van der Waals surface area contributed by atoms with Crippen molar-refractivity contribution in [1.82, 2.24) is 0 Å². The summed E-state index contributed by atoms with van der Waals surface area (Å²) < 4.78 is 25.9. The van der Waals surface area contributed by atoms with Gasteiger partial charge in [0.2, 0.25) is 0 Å². The molecule has 29 heavy (non-hydrogen) atoms. The Morgan fingerprint density at radius 1 is 0.828 bits per heavy atom. The molecule has 2 heterocycles. The SMILES string of the molecule is CC(C)(c1ccc(OCC2CO2)cc1)c1c(Br)c(Br)c(OCC2CO2)c(Br)c1Br. The van der Waals surface area contributed by atoms with E-state index in [2.05, 4.69) is 89.7 Å². The minimum atomic E-state index is -0.279. The van der Waals surface area contributed by atoms with Gasteiger partial charge in [0.15, 0.2) is 0 Å². The molecule has 2 aliphatic heterocycles. The van der Waals surface area contributed by atoms with Gasteiger partial charge in [0, 0.05) is 14.4 Å². The van der Waals surface area contributed by atoms with Crippen LogP contribution in [0.4, 0.5) is 0 Å². The molecule has 0 aromatic heterocycles. The second-order valence-electron chi connectivity index (χ2n) is 7.64. The van der Waals surface area contributed by atoms with Gasteiger partial charge in [-0.15, -0.1) is 0 Å². The summed E-state index contributed by atoms with van der Waals surface area (Å²) in [5, 5.41) is 0. The Kier molecular flexibility index (Phi) is 6.69. The van der Waals surface area contributed by atoms with Crippen molar-refractivity contribution in [2.75, 3.05) is 26.4 Å². The van der Waals surface area contributed by atoms with Crippen LogP contribution in [-0.4, -0.2) is 38.6 Å². The molecule has 2 saturated heterocycles. The topological polar surface area (TPSA) is 43.5 Å². The molecule has 4 rings (SSSR count). The molecule has 0 radical (unpaired) electrons. The average Bonchev–Trinajstić information content (AvgIpc) is 3.60. The maximum absolute atomic E-state index is 5.99. The van der Waals surface area contributed by atoms with E-state index in [0.29, 0.717) is 13.2 Å². The number of ether oxygens (including phenoxy) is 4. The molecule has 0 N–H and O–H groups in total. The smallest absolute Gasteiger partial charge is 0.150 e. The number of hydrogen-bond donors (Lipinski definition) is 0. The standard InChI is InChI=1S/C21H20Br4O4/c1-21(2,11-3-5-12(6-4-11)26-7-13-8-27-13)15-16(22)18(24)20(19(25)17(15)23)29-10-14-9-28-14/h3-6,13-14H,7-10H2,1-2H3. The van der Waals surface area contributed by atoms with Crippen LogP contribution in [0.2, 0.25) is 0 Å². The lowest BCUT2D eigenvalue weighted by molar-refractivity contribution is 0.260. The van der Waals surface area contributed by atoms with Gasteiger partial charge in [-0.2, -0.15) is 0 Å². The van der Waals surface area contributed by atoms with Gasteiger partial charge in [-0.3, -0.25) is 0 Å². The van der Waals surface area contributed by atoms with Gasteiger partial charge in [-0.1, -0.05) is 26.0 Å². The van der Waals surface area contributed by atoms with Crippen molar-refractivity contribution in [2.45, 2.75) is 31.5 Å². The molecule has 2 aromatic carbocycles. The van der Waals surface area contributed by atoms with E-state index >= 15 is 0 Å². The third kappa shape index (κ3) is 4.88. The Bertz CT molecular complexity index is 877. The highest BCUT2D eigenvalue weighted by Crippen LogP contribution is 2.51. The van der Waals surface area contributed by atoms with Gasteiger partial charge >= 0.3 is 0 Å². The van der Waals surface area contributed by atoms with E-state index in [-0.39, 0.29) is 17.6 Å². The molecule has 2 aliphatic rings. The molecule has 2 atom stereocenters. The summed E-state index contributed by atoms with van der Waals surface area (Å²) in [4.78, 5) is 0. The van der Waals surface area contributed by atoms with Gasteiger partial charge in [0.05, 0.1) is 22.2 Å². The van der Waals surface area contributed by atoms with Crippen LogP contribution in [0.5, 0.6) is 11.5 Å². The minimum absolute atomic E-state index is 0.190. The molecule has 8 heteroatoms. The summed E-state index contributed by atoms with van der Waals surface area (Å²) in [5.41, 5.74) is 2.01. The third-order valence-electron chi connectivity index (χ3n) is 5.08. The fourth-order valence-electron chi connectivity index (χ4n) is 3.09. The Balaban J connectivity index is 1.62. The molecule has 0 bridgehead atoms. The highest BCUT2D eigenvalue weighted by molar-refractivity contribution is 9.14. The predicted octanol–water partition coefficient (Wildman–Crippen LogP) is 6.62. The van der Waals surface area contributed by atoms with Gasteiger partial charge in [-0.25, -0.2) is 0 Å². The van der Waals surface area contributed by atoms with Crippen LogP contribution >= 0.6 is 63.7 Å². The van der Waals surface area contributed by atoms with Gasteiger partial charge in [-0.05, 0) is 87.0 Å². The monoisotopic (exact) mass is 652 g/mol. The highest BCUT2D eigenvalue weighted by atomic mass is 79.9. The summed E-state index contributed by atoms with van der Waals surface area (Å²) in [6.07, 6.45) is 0.439. The van der Waals surface area contributed by atoms with Crippen molar-refractivity contribution < 1.29 is 18.9 Å². The largest absolute Gasteiger partial charge is 0.491 e. The van der Waals surface area contributed by atoms with E-state index in [1.54, 1.807) is 0 Å². The first kappa shape index (κ1) is 22.1. The van der Waals surface area contributed by atoms with Crippen molar-refractivity contribution in [3.63, 3.8) is 0 Å². The van der Waals surface area contributed by atoms with Crippen molar-refractivity contribution in [3.05, 3.63) is 53.3 Å². The van der Waals surface area contributed by atoms with Crippen molar-refractivity contribution in [1.29, 1.82) is 0 Å². The number of epoxide rings is 2. The summed E-state index contributed by atoms with van der Waals surface area (Å²) in [7, 11) is 0.